The van der Waals surface area contributed by atoms with Gasteiger partial charge in [-0.2, -0.15) is 0 Å². The molecule has 0 unspecified atom stereocenters. The molecule has 0 aliphatic rings. The van der Waals surface area contributed by atoms with Crippen LogP contribution in [-0.4, -0.2) is 14.6 Å². The molecule has 0 amide bonds. The number of hydrogen-bond donors (Lipinski definition) is 1. The molecule has 0 fully saturated rings. The van der Waals surface area contributed by atoms with Gasteiger partial charge in [-0.05, 0) is 23.7 Å². The van der Waals surface area contributed by atoms with Crippen LogP contribution in [0.3, 0.4) is 0 Å². The van der Waals surface area contributed by atoms with Gasteiger partial charge in [-0.25, -0.2) is 0 Å². The summed E-state index contributed by atoms with van der Waals surface area (Å²) >= 11 is 6.55. The Morgan fingerprint density at radius 3 is 2.80 bits per heavy atom. The number of nitrogens with one attached hydrogen (secondary N) is 1. The number of nitrogens with zero attached hydrogens (tertiary/aromatic N) is 2. The highest BCUT2D eigenvalue weighted by Gasteiger charge is 2.01. The van der Waals surface area contributed by atoms with Crippen LogP contribution in [0.1, 0.15) is 5.69 Å². The highest BCUT2D eigenvalue weighted by Crippen LogP contribution is 2.07. The molecule has 1 aromatic carbocycles. The van der Waals surface area contributed by atoms with Crippen molar-refractivity contribution in [3.8, 4) is 0 Å². The zero-order valence-corrected chi connectivity index (χ0v) is 9.52. The molecule has 76 valence electrons. The first kappa shape index (κ1) is 10.2. The minimum absolute atomic E-state index is 0.640. The van der Waals surface area contributed by atoms with Gasteiger partial charge in [-0.3, -0.25) is 0 Å². The average molecular weight is 235 g/mol. The minimum atomic E-state index is 0.640. The minimum Gasteiger partial charge on any atom is -0.350 e. The van der Waals surface area contributed by atoms with Crippen molar-refractivity contribution < 1.29 is 0 Å². The SMILES string of the molecule is S=C(Cc1csnn1)Nc1ccccc1. The molecule has 1 N–H and O–H groups in total. The number of para-hydroxylation sites is 1. The van der Waals surface area contributed by atoms with Crippen LogP contribution in [0.5, 0.6) is 0 Å². The van der Waals surface area contributed by atoms with E-state index < -0.39 is 0 Å². The predicted octanol–water partition coefficient (Wildman–Crippen LogP) is 2.52. The summed E-state index contributed by atoms with van der Waals surface area (Å²) in [5, 5.41) is 8.99. The lowest BCUT2D eigenvalue weighted by Crippen LogP contribution is -2.12. The second-order valence-electron chi connectivity index (χ2n) is 2.99. The van der Waals surface area contributed by atoms with Crippen molar-refractivity contribution in [3.05, 3.63) is 41.4 Å². The summed E-state index contributed by atoms with van der Waals surface area (Å²) in [5.41, 5.74) is 1.92. The van der Waals surface area contributed by atoms with E-state index in [-0.39, 0.29) is 0 Å². The first-order valence-electron chi connectivity index (χ1n) is 4.45. The van der Waals surface area contributed by atoms with E-state index in [1.165, 1.54) is 11.5 Å². The second kappa shape index (κ2) is 4.95. The Labute approximate surface area is 97.3 Å². The fraction of sp³-hybridized carbons (Fsp3) is 0.100. The van der Waals surface area contributed by atoms with Crippen LogP contribution in [0, 0.1) is 0 Å². The van der Waals surface area contributed by atoms with Crippen molar-refractivity contribution in [1.29, 1.82) is 0 Å². The van der Waals surface area contributed by atoms with E-state index in [4.69, 9.17) is 12.2 Å². The summed E-state index contributed by atoms with van der Waals surface area (Å²) in [6.07, 6.45) is 0.640. The number of benzene rings is 1. The molecule has 0 spiro atoms. The number of hydrogen-bond acceptors (Lipinski definition) is 4. The Morgan fingerprint density at radius 2 is 2.13 bits per heavy atom. The molecule has 15 heavy (non-hydrogen) atoms. The summed E-state index contributed by atoms with van der Waals surface area (Å²) in [6, 6.07) is 9.86. The molecule has 0 saturated heterocycles. The molecule has 0 saturated carbocycles. The number of thiocarbonyl (C=S) groups is 1. The summed E-state index contributed by atoms with van der Waals surface area (Å²) in [7, 11) is 0. The van der Waals surface area contributed by atoms with Crippen LogP contribution < -0.4 is 5.32 Å². The number of aromatic nitrogens is 2. The number of anilines is 1. The van der Waals surface area contributed by atoms with Gasteiger partial charge >= 0.3 is 0 Å². The molecular formula is C10H9N3S2. The maximum Gasteiger partial charge on any atom is 0.0858 e. The molecule has 3 nitrogen and oxygen atoms in total. The Balaban J connectivity index is 1.94. The van der Waals surface area contributed by atoms with E-state index in [0.717, 1.165) is 16.4 Å². The quantitative estimate of drug-likeness (QED) is 0.830. The van der Waals surface area contributed by atoms with E-state index in [0.29, 0.717) is 6.42 Å². The zero-order chi connectivity index (χ0) is 10.5. The van der Waals surface area contributed by atoms with Crippen molar-refractivity contribution in [1.82, 2.24) is 9.59 Å². The zero-order valence-electron chi connectivity index (χ0n) is 7.88. The van der Waals surface area contributed by atoms with E-state index in [1.54, 1.807) is 0 Å². The fourth-order valence-corrected chi connectivity index (χ4v) is 1.87. The summed E-state index contributed by atoms with van der Waals surface area (Å²) < 4.78 is 3.79. The highest BCUT2D eigenvalue weighted by molar-refractivity contribution is 7.80. The molecule has 2 aromatic rings. The average Bonchev–Trinajstić information content (AvgIpc) is 2.71. The van der Waals surface area contributed by atoms with Gasteiger partial charge in [0.25, 0.3) is 0 Å². The van der Waals surface area contributed by atoms with Gasteiger partial charge in [-0.1, -0.05) is 34.9 Å². The van der Waals surface area contributed by atoms with Gasteiger partial charge in [0.1, 0.15) is 0 Å². The molecule has 1 heterocycles. The standard InChI is InChI=1S/C10H9N3S2/c14-10(6-9-7-15-13-12-9)11-8-4-2-1-3-5-8/h1-5,7H,6H2,(H,11,14). The van der Waals surface area contributed by atoms with Crippen LogP contribution in [0.25, 0.3) is 0 Å². The van der Waals surface area contributed by atoms with Crippen LogP contribution in [0.15, 0.2) is 35.7 Å². The Kier molecular flexibility index (Phi) is 3.37. The smallest absolute Gasteiger partial charge is 0.0858 e. The molecule has 0 atom stereocenters. The summed E-state index contributed by atoms with van der Waals surface area (Å²) in [6.45, 7) is 0. The molecule has 0 bridgehead atoms. The lowest BCUT2D eigenvalue weighted by atomic mass is 10.3. The molecule has 0 aliphatic heterocycles. The van der Waals surface area contributed by atoms with Gasteiger partial charge in [0, 0.05) is 17.5 Å². The molecule has 2 rings (SSSR count). The Bertz CT molecular complexity index is 425. The normalized spacial score (nSPS) is 9.87. The van der Waals surface area contributed by atoms with E-state index in [9.17, 15) is 0 Å². The van der Waals surface area contributed by atoms with Crippen LogP contribution in [0.4, 0.5) is 5.69 Å². The molecule has 1 aromatic heterocycles. The van der Waals surface area contributed by atoms with Crippen molar-refractivity contribution in [2.45, 2.75) is 6.42 Å². The third kappa shape index (κ3) is 3.07. The summed E-state index contributed by atoms with van der Waals surface area (Å²) in [4.78, 5) is 0.758. The first-order valence-corrected chi connectivity index (χ1v) is 5.70. The highest BCUT2D eigenvalue weighted by atomic mass is 32.1. The van der Waals surface area contributed by atoms with Gasteiger partial charge in [0.2, 0.25) is 0 Å². The lowest BCUT2D eigenvalue weighted by Gasteiger charge is -2.05. The third-order valence-electron chi connectivity index (χ3n) is 1.80. The van der Waals surface area contributed by atoms with Crippen LogP contribution >= 0.6 is 23.8 Å². The van der Waals surface area contributed by atoms with E-state index >= 15 is 0 Å². The van der Waals surface area contributed by atoms with Crippen molar-refractivity contribution >= 4 is 34.4 Å². The van der Waals surface area contributed by atoms with Crippen molar-refractivity contribution in [2.75, 3.05) is 5.32 Å². The Hall–Kier alpha value is -1.33. The third-order valence-corrected chi connectivity index (χ3v) is 2.60. The first-order chi connectivity index (χ1) is 7.34. The lowest BCUT2D eigenvalue weighted by molar-refractivity contribution is 1.06. The predicted molar refractivity (Wildman–Crippen MR) is 66.3 cm³/mol. The largest absolute Gasteiger partial charge is 0.350 e. The molecule has 5 heteroatoms. The van der Waals surface area contributed by atoms with Gasteiger partial charge in [0.15, 0.2) is 0 Å². The van der Waals surface area contributed by atoms with E-state index in [1.807, 2.05) is 35.7 Å². The molecular weight excluding hydrogens is 226 g/mol. The van der Waals surface area contributed by atoms with Gasteiger partial charge in [0.05, 0.1) is 10.7 Å². The van der Waals surface area contributed by atoms with Gasteiger partial charge in [-0.15, -0.1) is 5.10 Å². The van der Waals surface area contributed by atoms with Crippen molar-refractivity contribution in [2.24, 2.45) is 0 Å². The maximum atomic E-state index is 5.21. The summed E-state index contributed by atoms with van der Waals surface area (Å²) in [5.74, 6) is 0. The topological polar surface area (TPSA) is 37.8 Å². The van der Waals surface area contributed by atoms with Crippen molar-refractivity contribution in [3.63, 3.8) is 0 Å². The van der Waals surface area contributed by atoms with Gasteiger partial charge < -0.3 is 5.32 Å². The fourth-order valence-electron chi connectivity index (χ4n) is 1.15. The van der Waals surface area contributed by atoms with Crippen LogP contribution in [0.2, 0.25) is 0 Å². The second-order valence-corrected chi connectivity index (χ2v) is 4.09. The number of rotatable bonds is 3. The monoisotopic (exact) mass is 235 g/mol. The maximum absolute atomic E-state index is 5.21. The van der Waals surface area contributed by atoms with Crippen LogP contribution in [-0.2, 0) is 6.42 Å². The Morgan fingerprint density at radius 1 is 1.33 bits per heavy atom. The molecule has 0 aliphatic carbocycles. The van der Waals surface area contributed by atoms with E-state index in [2.05, 4.69) is 14.9 Å². The molecule has 0 radical (unpaired) electrons.